The molecule has 0 bridgehead atoms. The first-order valence-corrected chi connectivity index (χ1v) is 9.47. The second-order valence-corrected chi connectivity index (χ2v) is 7.83. The molecule has 5 rings (SSSR count). The number of fused-ring (bicyclic) bond motifs is 2. The summed E-state index contributed by atoms with van der Waals surface area (Å²) in [7, 11) is 0. The van der Waals surface area contributed by atoms with Crippen molar-refractivity contribution in [3.8, 4) is 5.88 Å². The van der Waals surface area contributed by atoms with Crippen LogP contribution < -0.4 is 15.0 Å². The van der Waals surface area contributed by atoms with Crippen molar-refractivity contribution in [1.82, 2.24) is 15.0 Å². The van der Waals surface area contributed by atoms with Gasteiger partial charge in [-0.1, -0.05) is 18.2 Å². The fourth-order valence-corrected chi connectivity index (χ4v) is 3.84. The Morgan fingerprint density at radius 3 is 2.75 bits per heavy atom. The number of pyridine rings is 1. The number of ether oxygens (including phenoxy) is 1. The van der Waals surface area contributed by atoms with Gasteiger partial charge in [-0.25, -0.2) is 15.0 Å². The Morgan fingerprint density at radius 2 is 1.89 bits per heavy atom. The van der Waals surface area contributed by atoms with E-state index in [9.17, 15) is 4.79 Å². The first kappa shape index (κ1) is 16.9. The van der Waals surface area contributed by atoms with Crippen molar-refractivity contribution in [1.29, 1.82) is 0 Å². The Hall–Kier alpha value is -3.22. The van der Waals surface area contributed by atoms with Crippen molar-refractivity contribution in [3.63, 3.8) is 0 Å². The number of benzene rings is 1. The van der Waals surface area contributed by atoms with Crippen LogP contribution in [0.2, 0.25) is 0 Å². The van der Waals surface area contributed by atoms with Gasteiger partial charge in [0.1, 0.15) is 5.82 Å². The number of rotatable bonds is 3. The summed E-state index contributed by atoms with van der Waals surface area (Å²) in [5.74, 6) is 1.71. The van der Waals surface area contributed by atoms with E-state index < -0.39 is 5.60 Å². The van der Waals surface area contributed by atoms with Crippen molar-refractivity contribution < 1.29 is 9.53 Å². The molecule has 0 saturated heterocycles. The third-order valence-electron chi connectivity index (χ3n) is 5.39. The number of aromatic nitrogens is 3. The summed E-state index contributed by atoms with van der Waals surface area (Å²) in [5.41, 5.74) is 0.0271. The number of carbonyl (C=O) groups is 1. The molecule has 28 heavy (non-hydrogen) atoms. The molecule has 0 radical (unpaired) electrons. The van der Waals surface area contributed by atoms with Gasteiger partial charge in [-0.15, -0.1) is 0 Å². The number of nitrogens with zero attached hydrogens (tertiary/aromatic N) is 4. The number of nitrogens with one attached hydrogen (secondary N) is 1. The van der Waals surface area contributed by atoms with Crippen LogP contribution in [0.3, 0.4) is 0 Å². The Morgan fingerprint density at radius 1 is 1.11 bits per heavy atom. The van der Waals surface area contributed by atoms with E-state index in [2.05, 4.69) is 32.4 Å². The van der Waals surface area contributed by atoms with Crippen molar-refractivity contribution in [2.75, 3.05) is 10.2 Å². The molecule has 1 saturated carbocycles. The van der Waals surface area contributed by atoms with Gasteiger partial charge < -0.3 is 10.1 Å². The van der Waals surface area contributed by atoms with Crippen LogP contribution in [0.4, 0.5) is 11.6 Å². The Labute approximate surface area is 162 Å². The Balaban J connectivity index is 1.32. The van der Waals surface area contributed by atoms with Gasteiger partial charge in [0.05, 0.1) is 5.52 Å². The second kappa shape index (κ2) is 6.15. The van der Waals surface area contributed by atoms with Gasteiger partial charge in [0.15, 0.2) is 11.4 Å². The van der Waals surface area contributed by atoms with E-state index in [0.29, 0.717) is 11.7 Å². The normalized spacial score (nSPS) is 22.9. The minimum Gasteiger partial charge on any atom is -0.459 e. The van der Waals surface area contributed by atoms with Crippen molar-refractivity contribution in [2.45, 2.75) is 44.4 Å². The first-order valence-electron chi connectivity index (χ1n) is 9.47. The fourth-order valence-electron chi connectivity index (χ4n) is 3.84. The van der Waals surface area contributed by atoms with Crippen LogP contribution in [0.1, 0.15) is 26.7 Å². The molecule has 1 N–H and O–H groups in total. The molecule has 1 fully saturated rings. The lowest BCUT2D eigenvalue weighted by atomic mass is 9.84. The van der Waals surface area contributed by atoms with Crippen LogP contribution in [0.5, 0.6) is 5.88 Å². The third kappa shape index (κ3) is 2.74. The van der Waals surface area contributed by atoms with Crippen LogP contribution in [0.25, 0.3) is 10.9 Å². The molecule has 1 amide bonds. The molecule has 3 heterocycles. The molecule has 2 aromatic heterocycles. The van der Waals surface area contributed by atoms with Gasteiger partial charge in [-0.2, -0.15) is 0 Å². The van der Waals surface area contributed by atoms with Crippen molar-refractivity contribution in [2.24, 2.45) is 0 Å². The molecular weight excluding hydrogens is 354 g/mol. The third-order valence-corrected chi connectivity index (χ3v) is 5.39. The number of carbonyl (C=O) groups excluding carboxylic acids is 1. The maximum Gasteiger partial charge on any atom is 0.272 e. The average Bonchev–Trinajstić information content (AvgIpc) is 2.66. The monoisotopic (exact) mass is 375 g/mol. The lowest BCUT2D eigenvalue weighted by Gasteiger charge is -2.47. The molecule has 2 aliphatic rings. The maximum atomic E-state index is 13.0. The molecule has 1 aliphatic carbocycles. The molecule has 142 valence electrons. The van der Waals surface area contributed by atoms with Gasteiger partial charge in [-0.3, -0.25) is 9.69 Å². The minimum atomic E-state index is -0.943. The quantitative estimate of drug-likeness (QED) is 0.757. The van der Waals surface area contributed by atoms with Gasteiger partial charge in [0, 0.05) is 29.9 Å². The zero-order valence-corrected chi connectivity index (χ0v) is 15.8. The zero-order chi connectivity index (χ0) is 19.3. The second-order valence-electron chi connectivity index (χ2n) is 7.83. The van der Waals surface area contributed by atoms with Crippen LogP contribution in [0, 0.1) is 0 Å². The summed E-state index contributed by atoms with van der Waals surface area (Å²) in [5, 5.41) is 4.60. The predicted octanol–water partition coefficient (Wildman–Crippen LogP) is 3.17. The number of para-hydroxylation sites is 1. The highest BCUT2D eigenvalue weighted by atomic mass is 16.5. The van der Waals surface area contributed by atoms with Crippen LogP contribution in [-0.2, 0) is 4.79 Å². The topological polar surface area (TPSA) is 80.2 Å². The van der Waals surface area contributed by atoms with E-state index in [-0.39, 0.29) is 18.0 Å². The maximum absolute atomic E-state index is 13.0. The van der Waals surface area contributed by atoms with E-state index >= 15 is 0 Å². The number of anilines is 2. The van der Waals surface area contributed by atoms with Crippen LogP contribution in [0.15, 0.2) is 48.8 Å². The van der Waals surface area contributed by atoms with Crippen molar-refractivity contribution >= 4 is 28.4 Å². The molecule has 0 atom stereocenters. The summed E-state index contributed by atoms with van der Waals surface area (Å²) in [4.78, 5) is 28.0. The standard InChI is InChI=1S/C21H21N5O2/c1-21(2)20(27)26(18-19(28-21)23-10-9-22-18)15-11-14(12-15)24-17-8-7-13-5-3-4-6-16(13)25-17/h3-10,14-15H,11-12H2,1-2H3,(H,24,25)/t14-,15-. The summed E-state index contributed by atoms with van der Waals surface area (Å²) in [6, 6.07) is 12.5. The molecule has 1 aliphatic heterocycles. The van der Waals surface area contributed by atoms with Gasteiger partial charge >= 0.3 is 0 Å². The Kier molecular flexibility index (Phi) is 3.72. The van der Waals surface area contributed by atoms with Crippen LogP contribution >= 0.6 is 0 Å². The fraction of sp³-hybridized carbons (Fsp3) is 0.333. The zero-order valence-electron chi connectivity index (χ0n) is 15.8. The van der Waals surface area contributed by atoms with E-state index in [1.54, 1.807) is 31.1 Å². The number of amides is 1. The molecular formula is C21H21N5O2. The summed E-state index contributed by atoms with van der Waals surface area (Å²) < 4.78 is 5.75. The number of hydrogen-bond acceptors (Lipinski definition) is 6. The minimum absolute atomic E-state index is 0.0732. The number of hydrogen-bond donors (Lipinski definition) is 1. The summed E-state index contributed by atoms with van der Waals surface area (Å²) in [6.07, 6.45) is 4.83. The van der Waals surface area contributed by atoms with Gasteiger partial charge in [0.2, 0.25) is 0 Å². The Bertz CT molecular complexity index is 1060. The van der Waals surface area contributed by atoms with Crippen molar-refractivity contribution in [3.05, 3.63) is 48.8 Å². The highest BCUT2D eigenvalue weighted by Gasteiger charge is 2.48. The highest BCUT2D eigenvalue weighted by molar-refractivity contribution is 6.01. The van der Waals surface area contributed by atoms with Gasteiger partial charge in [0.25, 0.3) is 11.8 Å². The van der Waals surface area contributed by atoms with E-state index in [0.717, 1.165) is 29.6 Å². The molecule has 0 unspecified atom stereocenters. The molecule has 7 heteroatoms. The molecule has 1 aromatic carbocycles. The first-order chi connectivity index (χ1) is 13.5. The summed E-state index contributed by atoms with van der Waals surface area (Å²) in [6.45, 7) is 3.54. The largest absolute Gasteiger partial charge is 0.459 e. The van der Waals surface area contributed by atoms with E-state index in [4.69, 9.17) is 4.74 Å². The van der Waals surface area contributed by atoms with E-state index in [1.165, 1.54) is 0 Å². The molecule has 7 nitrogen and oxygen atoms in total. The lowest BCUT2D eigenvalue weighted by Crippen LogP contribution is -2.61. The highest BCUT2D eigenvalue weighted by Crippen LogP contribution is 2.40. The average molecular weight is 375 g/mol. The smallest absolute Gasteiger partial charge is 0.272 e. The molecule has 3 aromatic rings. The lowest BCUT2D eigenvalue weighted by molar-refractivity contribution is -0.134. The SMILES string of the molecule is CC1(C)Oc2nccnc2N([C@H]2C[C@H](Nc3ccc4ccccc4n3)C2)C1=O. The predicted molar refractivity (Wildman–Crippen MR) is 106 cm³/mol. The van der Waals surface area contributed by atoms with Crippen LogP contribution in [-0.4, -0.2) is 38.5 Å². The molecule has 0 spiro atoms. The van der Waals surface area contributed by atoms with Gasteiger partial charge in [-0.05, 0) is 44.9 Å². The van der Waals surface area contributed by atoms with E-state index in [1.807, 2.05) is 24.3 Å². The summed E-state index contributed by atoms with van der Waals surface area (Å²) >= 11 is 0.